The molecule has 2 unspecified atom stereocenters. The minimum atomic E-state index is -0.838. The van der Waals surface area contributed by atoms with Crippen LogP contribution in [0.3, 0.4) is 0 Å². The molecule has 1 rings (SSSR count). The van der Waals surface area contributed by atoms with Crippen LogP contribution in [0, 0.1) is 11.3 Å². The number of nitrogens with two attached hydrogens (primary N) is 1. The second-order valence-corrected chi connectivity index (χ2v) is 5.86. The van der Waals surface area contributed by atoms with E-state index in [0.29, 0.717) is 6.54 Å². The number of aliphatic hydroxyl groups is 1. The topological polar surface area (TPSA) is 55.5 Å². The molecule has 0 heterocycles. The van der Waals surface area contributed by atoms with E-state index in [4.69, 9.17) is 10.5 Å². The monoisotopic (exact) mass is 243 g/mol. The maximum Gasteiger partial charge on any atom is 0.0945 e. The Morgan fingerprint density at radius 1 is 1.47 bits per heavy atom. The highest BCUT2D eigenvalue weighted by atomic mass is 16.5. The van der Waals surface area contributed by atoms with Crippen molar-refractivity contribution in [1.29, 1.82) is 0 Å². The van der Waals surface area contributed by atoms with Crippen molar-refractivity contribution in [2.45, 2.75) is 64.6 Å². The molecule has 102 valence electrons. The van der Waals surface area contributed by atoms with Crippen LogP contribution >= 0.6 is 0 Å². The first-order valence-corrected chi connectivity index (χ1v) is 6.88. The van der Waals surface area contributed by atoms with E-state index in [-0.39, 0.29) is 11.5 Å². The van der Waals surface area contributed by atoms with Crippen molar-refractivity contribution in [2.24, 2.45) is 17.1 Å². The summed E-state index contributed by atoms with van der Waals surface area (Å²) in [7, 11) is 1.65. The Kier molecular flexibility index (Phi) is 4.99. The Labute approximate surface area is 106 Å². The molecule has 3 N–H and O–H groups in total. The summed E-state index contributed by atoms with van der Waals surface area (Å²) < 4.78 is 5.34. The van der Waals surface area contributed by atoms with E-state index in [1.807, 2.05) is 13.8 Å². The first-order chi connectivity index (χ1) is 7.93. The zero-order chi connectivity index (χ0) is 13.1. The van der Waals surface area contributed by atoms with Crippen molar-refractivity contribution in [3.8, 4) is 0 Å². The summed E-state index contributed by atoms with van der Waals surface area (Å²) in [5, 5.41) is 10.8. The van der Waals surface area contributed by atoms with Crippen LogP contribution in [0.5, 0.6) is 0 Å². The minimum absolute atomic E-state index is 0.173. The summed E-state index contributed by atoms with van der Waals surface area (Å²) in [6.07, 6.45) is 5.46. The van der Waals surface area contributed by atoms with E-state index in [9.17, 15) is 5.11 Å². The van der Waals surface area contributed by atoms with Crippen LogP contribution in [-0.2, 0) is 4.74 Å². The predicted octanol–water partition coefficient (Wildman–Crippen LogP) is 2.32. The number of methoxy groups -OCH3 is 1. The van der Waals surface area contributed by atoms with Gasteiger partial charge in [-0.05, 0) is 45.4 Å². The largest absolute Gasteiger partial charge is 0.387 e. The lowest BCUT2D eigenvalue weighted by Crippen LogP contribution is -2.58. The van der Waals surface area contributed by atoms with Gasteiger partial charge in [0, 0.05) is 19.1 Å². The van der Waals surface area contributed by atoms with Gasteiger partial charge < -0.3 is 15.6 Å². The zero-order valence-corrected chi connectivity index (χ0v) is 11.8. The second kappa shape index (κ2) is 5.68. The number of ether oxygens (including phenoxy) is 1. The molecule has 3 heteroatoms. The Hall–Kier alpha value is -0.120. The molecule has 0 aromatic carbocycles. The lowest BCUT2D eigenvalue weighted by Gasteiger charge is -2.51. The molecular formula is C14H29NO2. The highest BCUT2D eigenvalue weighted by molar-refractivity contribution is 5.02. The maximum absolute atomic E-state index is 10.8. The van der Waals surface area contributed by atoms with Crippen LogP contribution in [0.25, 0.3) is 0 Å². The standard InChI is InChI=1S/C14H29NO2/c1-5-12-6-8-14(10-15,9-7-12)13(3,16)11(2)17-4/h11-12,16H,5-10,15H2,1-4H3. The fourth-order valence-electron chi connectivity index (χ4n) is 3.22. The first-order valence-electron chi connectivity index (χ1n) is 6.88. The highest BCUT2D eigenvalue weighted by Crippen LogP contribution is 2.48. The lowest BCUT2D eigenvalue weighted by atomic mass is 9.60. The molecule has 17 heavy (non-hydrogen) atoms. The summed E-state index contributed by atoms with van der Waals surface area (Å²) in [6.45, 7) is 6.61. The Morgan fingerprint density at radius 2 is 2.00 bits per heavy atom. The number of hydrogen-bond acceptors (Lipinski definition) is 3. The van der Waals surface area contributed by atoms with E-state index in [2.05, 4.69) is 6.92 Å². The SMILES string of the molecule is CCC1CCC(CN)(C(C)(O)C(C)OC)CC1. The molecule has 0 aliphatic heterocycles. The Balaban J connectivity index is 2.83. The van der Waals surface area contributed by atoms with Crippen molar-refractivity contribution >= 4 is 0 Å². The summed E-state index contributed by atoms with van der Waals surface area (Å²) in [5.74, 6) is 0.809. The summed E-state index contributed by atoms with van der Waals surface area (Å²) in [5.41, 5.74) is 4.98. The predicted molar refractivity (Wildman–Crippen MR) is 70.8 cm³/mol. The van der Waals surface area contributed by atoms with Gasteiger partial charge in [0.25, 0.3) is 0 Å². The quantitative estimate of drug-likeness (QED) is 0.779. The molecule has 0 aromatic rings. The van der Waals surface area contributed by atoms with Gasteiger partial charge in [-0.15, -0.1) is 0 Å². The molecule has 1 aliphatic carbocycles. The van der Waals surface area contributed by atoms with Gasteiger partial charge in [-0.3, -0.25) is 0 Å². The van der Waals surface area contributed by atoms with Crippen LogP contribution < -0.4 is 5.73 Å². The summed E-state index contributed by atoms with van der Waals surface area (Å²) >= 11 is 0. The van der Waals surface area contributed by atoms with Gasteiger partial charge >= 0.3 is 0 Å². The average Bonchev–Trinajstić information content (AvgIpc) is 2.37. The van der Waals surface area contributed by atoms with Crippen LogP contribution in [-0.4, -0.2) is 30.5 Å². The third-order valence-corrected chi connectivity index (χ3v) is 5.25. The van der Waals surface area contributed by atoms with Gasteiger partial charge in [0.05, 0.1) is 11.7 Å². The Morgan fingerprint density at radius 3 is 2.35 bits per heavy atom. The molecule has 0 spiro atoms. The maximum atomic E-state index is 10.8. The van der Waals surface area contributed by atoms with Crippen molar-refractivity contribution < 1.29 is 9.84 Å². The molecule has 0 aromatic heterocycles. The number of hydrogen-bond donors (Lipinski definition) is 2. The van der Waals surface area contributed by atoms with E-state index in [1.165, 1.54) is 19.3 Å². The normalized spacial score (nSPS) is 35.3. The lowest BCUT2D eigenvalue weighted by molar-refractivity contribution is -0.164. The van der Waals surface area contributed by atoms with Crippen LogP contribution in [0.1, 0.15) is 52.9 Å². The molecule has 2 atom stereocenters. The Bertz CT molecular complexity index is 232. The molecule has 0 bridgehead atoms. The van der Waals surface area contributed by atoms with Gasteiger partial charge in [0.2, 0.25) is 0 Å². The second-order valence-electron chi connectivity index (χ2n) is 5.86. The van der Waals surface area contributed by atoms with Gasteiger partial charge in [-0.25, -0.2) is 0 Å². The van der Waals surface area contributed by atoms with Gasteiger partial charge in [0.15, 0.2) is 0 Å². The molecule has 0 amide bonds. The van der Waals surface area contributed by atoms with E-state index >= 15 is 0 Å². The fourth-order valence-corrected chi connectivity index (χ4v) is 3.22. The highest BCUT2D eigenvalue weighted by Gasteiger charge is 2.50. The molecule has 1 aliphatic rings. The molecule has 0 saturated heterocycles. The zero-order valence-electron chi connectivity index (χ0n) is 11.8. The minimum Gasteiger partial charge on any atom is -0.387 e. The van der Waals surface area contributed by atoms with E-state index in [0.717, 1.165) is 18.8 Å². The smallest absolute Gasteiger partial charge is 0.0945 e. The van der Waals surface area contributed by atoms with Gasteiger partial charge in [-0.1, -0.05) is 13.3 Å². The first kappa shape index (κ1) is 14.9. The molecule has 0 radical (unpaired) electrons. The molecule has 1 fully saturated rings. The van der Waals surface area contributed by atoms with Crippen LogP contribution in [0.15, 0.2) is 0 Å². The van der Waals surface area contributed by atoms with Gasteiger partial charge in [0.1, 0.15) is 0 Å². The van der Waals surface area contributed by atoms with E-state index < -0.39 is 5.60 Å². The van der Waals surface area contributed by atoms with Gasteiger partial charge in [-0.2, -0.15) is 0 Å². The average molecular weight is 243 g/mol. The third-order valence-electron chi connectivity index (χ3n) is 5.25. The third kappa shape index (κ3) is 2.67. The fraction of sp³-hybridized carbons (Fsp3) is 1.00. The van der Waals surface area contributed by atoms with Crippen LogP contribution in [0.2, 0.25) is 0 Å². The van der Waals surface area contributed by atoms with Crippen molar-refractivity contribution in [2.75, 3.05) is 13.7 Å². The molecular weight excluding hydrogens is 214 g/mol. The summed E-state index contributed by atoms with van der Waals surface area (Å²) in [6, 6.07) is 0. The van der Waals surface area contributed by atoms with E-state index in [1.54, 1.807) is 7.11 Å². The van der Waals surface area contributed by atoms with Crippen LogP contribution in [0.4, 0.5) is 0 Å². The van der Waals surface area contributed by atoms with Crippen molar-refractivity contribution in [3.63, 3.8) is 0 Å². The number of rotatable bonds is 5. The molecule has 3 nitrogen and oxygen atoms in total. The van der Waals surface area contributed by atoms with Crippen molar-refractivity contribution in [1.82, 2.24) is 0 Å². The molecule has 1 saturated carbocycles. The summed E-state index contributed by atoms with van der Waals surface area (Å²) in [4.78, 5) is 0. The van der Waals surface area contributed by atoms with Crippen molar-refractivity contribution in [3.05, 3.63) is 0 Å².